The molecule has 5 heteroatoms. The van der Waals surface area contributed by atoms with E-state index in [2.05, 4.69) is 12.2 Å². The second kappa shape index (κ2) is 7.14. The smallest absolute Gasteiger partial charge is 0.317 e. The lowest BCUT2D eigenvalue weighted by Crippen LogP contribution is -2.54. The SMILES string of the molecule is CCCC1CCN(C(=O)NC2(CC(=O)O)CCCC2)CC1. The van der Waals surface area contributed by atoms with Gasteiger partial charge >= 0.3 is 12.0 Å². The number of hydrogen-bond donors (Lipinski definition) is 2. The number of amides is 2. The molecule has 2 amide bonds. The van der Waals surface area contributed by atoms with E-state index in [0.29, 0.717) is 0 Å². The zero-order chi connectivity index (χ0) is 15.3. The highest BCUT2D eigenvalue weighted by Crippen LogP contribution is 2.33. The van der Waals surface area contributed by atoms with Crippen LogP contribution in [0.2, 0.25) is 0 Å². The number of likely N-dealkylation sites (tertiary alicyclic amines) is 1. The van der Waals surface area contributed by atoms with Crippen molar-refractivity contribution in [2.45, 2.75) is 70.3 Å². The van der Waals surface area contributed by atoms with Crippen LogP contribution in [-0.2, 0) is 4.79 Å². The highest BCUT2D eigenvalue weighted by Gasteiger charge is 2.38. The number of nitrogens with zero attached hydrogens (tertiary/aromatic N) is 1. The van der Waals surface area contributed by atoms with Crippen molar-refractivity contribution in [1.29, 1.82) is 0 Å². The summed E-state index contributed by atoms with van der Waals surface area (Å²) < 4.78 is 0. The molecule has 0 unspecified atom stereocenters. The fraction of sp³-hybridized carbons (Fsp3) is 0.875. The number of carboxylic acids is 1. The van der Waals surface area contributed by atoms with Gasteiger partial charge in [0.2, 0.25) is 0 Å². The molecule has 0 aromatic heterocycles. The van der Waals surface area contributed by atoms with E-state index in [1.807, 2.05) is 4.90 Å². The van der Waals surface area contributed by atoms with Crippen LogP contribution in [0.25, 0.3) is 0 Å². The average Bonchev–Trinajstić information content (AvgIpc) is 2.87. The highest BCUT2D eigenvalue weighted by molar-refractivity contribution is 5.77. The minimum absolute atomic E-state index is 0.0467. The van der Waals surface area contributed by atoms with Crippen LogP contribution in [0.3, 0.4) is 0 Å². The lowest BCUT2D eigenvalue weighted by molar-refractivity contribution is -0.138. The van der Waals surface area contributed by atoms with Crippen LogP contribution in [0.5, 0.6) is 0 Å². The molecule has 0 spiro atoms. The molecule has 1 saturated carbocycles. The zero-order valence-corrected chi connectivity index (χ0v) is 13.1. The molecule has 5 nitrogen and oxygen atoms in total. The van der Waals surface area contributed by atoms with Gasteiger partial charge in [-0.2, -0.15) is 0 Å². The van der Waals surface area contributed by atoms with Crippen LogP contribution in [0.4, 0.5) is 4.79 Å². The van der Waals surface area contributed by atoms with E-state index in [1.54, 1.807) is 0 Å². The van der Waals surface area contributed by atoms with Gasteiger partial charge in [-0.1, -0.05) is 32.6 Å². The van der Waals surface area contributed by atoms with Crippen molar-refractivity contribution >= 4 is 12.0 Å². The van der Waals surface area contributed by atoms with E-state index < -0.39 is 11.5 Å². The summed E-state index contributed by atoms with van der Waals surface area (Å²) in [6.45, 7) is 3.81. The lowest BCUT2D eigenvalue weighted by atomic mass is 9.92. The molecule has 0 bridgehead atoms. The molecular weight excluding hydrogens is 268 g/mol. The third-order valence-electron chi connectivity index (χ3n) is 5.02. The Morgan fingerprint density at radius 2 is 1.86 bits per heavy atom. The van der Waals surface area contributed by atoms with Crippen LogP contribution in [0, 0.1) is 5.92 Å². The lowest BCUT2D eigenvalue weighted by Gasteiger charge is -2.36. The van der Waals surface area contributed by atoms with Crippen molar-refractivity contribution in [3.8, 4) is 0 Å². The maximum absolute atomic E-state index is 12.4. The maximum atomic E-state index is 12.4. The van der Waals surface area contributed by atoms with Crippen molar-refractivity contribution in [3.63, 3.8) is 0 Å². The first kappa shape index (κ1) is 16.1. The topological polar surface area (TPSA) is 69.6 Å². The first-order valence-electron chi connectivity index (χ1n) is 8.33. The van der Waals surface area contributed by atoms with Gasteiger partial charge in [0.25, 0.3) is 0 Å². The standard InChI is InChI=1S/C16H28N2O3/c1-2-5-13-6-10-18(11-7-13)15(21)17-16(12-14(19)20)8-3-4-9-16/h13H,2-12H2,1H3,(H,17,21)(H,19,20). The van der Waals surface area contributed by atoms with Gasteiger partial charge in [0.1, 0.15) is 0 Å². The highest BCUT2D eigenvalue weighted by atomic mass is 16.4. The van der Waals surface area contributed by atoms with Crippen LogP contribution in [0.15, 0.2) is 0 Å². The molecule has 1 saturated heterocycles. The summed E-state index contributed by atoms with van der Waals surface area (Å²) in [5.74, 6) is -0.0719. The molecule has 2 N–H and O–H groups in total. The van der Waals surface area contributed by atoms with Crippen LogP contribution >= 0.6 is 0 Å². The first-order chi connectivity index (χ1) is 10.0. The Kier molecular flexibility index (Phi) is 5.48. The molecule has 2 fully saturated rings. The summed E-state index contributed by atoms with van der Waals surface area (Å²) >= 11 is 0. The molecule has 1 aliphatic carbocycles. The normalized spacial score (nSPS) is 22.2. The molecule has 2 rings (SSSR count). The fourth-order valence-electron chi connectivity index (χ4n) is 3.83. The number of carbonyl (C=O) groups is 2. The summed E-state index contributed by atoms with van der Waals surface area (Å²) in [5, 5.41) is 12.1. The second-order valence-electron chi connectivity index (χ2n) is 6.71. The molecular formula is C16H28N2O3. The summed E-state index contributed by atoms with van der Waals surface area (Å²) in [5.41, 5.74) is -0.511. The molecule has 0 aromatic carbocycles. The molecule has 0 atom stereocenters. The third-order valence-corrected chi connectivity index (χ3v) is 5.02. The molecule has 0 radical (unpaired) electrons. The average molecular weight is 296 g/mol. The Morgan fingerprint density at radius 1 is 1.24 bits per heavy atom. The van der Waals surface area contributed by atoms with Crippen molar-refractivity contribution in [2.24, 2.45) is 5.92 Å². The summed E-state index contributed by atoms with van der Waals surface area (Å²) in [6, 6.07) is -0.0619. The van der Waals surface area contributed by atoms with E-state index in [4.69, 9.17) is 5.11 Å². The minimum atomic E-state index is -0.821. The first-order valence-corrected chi connectivity index (χ1v) is 8.33. The summed E-state index contributed by atoms with van der Waals surface area (Å²) in [6.07, 6.45) is 8.25. The fourth-order valence-corrected chi connectivity index (χ4v) is 3.83. The Hall–Kier alpha value is -1.26. The van der Waals surface area contributed by atoms with Gasteiger partial charge in [0, 0.05) is 13.1 Å². The van der Waals surface area contributed by atoms with Gasteiger partial charge < -0.3 is 15.3 Å². The van der Waals surface area contributed by atoms with Gasteiger partial charge in [-0.25, -0.2) is 4.79 Å². The number of carbonyl (C=O) groups excluding carboxylic acids is 1. The number of rotatable bonds is 5. The molecule has 1 aliphatic heterocycles. The van der Waals surface area contributed by atoms with Gasteiger partial charge in [-0.05, 0) is 31.6 Å². The number of piperidine rings is 1. The van der Waals surface area contributed by atoms with E-state index in [-0.39, 0.29) is 12.5 Å². The van der Waals surface area contributed by atoms with Crippen molar-refractivity contribution in [1.82, 2.24) is 10.2 Å². The Morgan fingerprint density at radius 3 is 2.38 bits per heavy atom. The summed E-state index contributed by atoms with van der Waals surface area (Å²) in [4.78, 5) is 25.4. The Labute approximate surface area is 127 Å². The quantitative estimate of drug-likeness (QED) is 0.819. The largest absolute Gasteiger partial charge is 0.481 e. The molecule has 120 valence electrons. The van der Waals surface area contributed by atoms with E-state index >= 15 is 0 Å². The number of carboxylic acid groups (broad SMARTS) is 1. The van der Waals surface area contributed by atoms with Crippen molar-refractivity contribution < 1.29 is 14.7 Å². The van der Waals surface area contributed by atoms with Crippen molar-refractivity contribution in [3.05, 3.63) is 0 Å². The van der Waals surface area contributed by atoms with Crippen molar-refractivity contribution in [2.75, 3.05) is 13.1 Å². The van der Waals surface area contributed by atoms with E-state index in [1.165, 1.54) is 12.8 Å². The third kappa shape index (κ3) is 4.35. The molecule has 0 aromatic rings. The van der Waals surface area contributed by atoms with Crippen LogP contribution in [0.1, 0.15) is 64.7 Å². The van der Waals surface area contributed by atoms with E-state index in [9.17, 15) is 9.59 Å². The van der Waals surface area contributed by atoms with E-state index in [0.717, 1.165) is 57.5 Å². The molecule has 1 heterocycles. The molecule has 21 heavy (non-hydrogen) atoms. The van der Waals surface area contributed by atoms with Crippen LogP contribution in [-0.4, -0.2) is 40.6 Å². The number of urea groups is 1. The maximum Gasteiger partial charge on any atom is 0.317 e. The predicted molar refractivity (Wildman–Crippen MR) is 81.2 cm³/mol. The monoisotopic (exact) mass is 296 g/mol. The van der Waals surface area contributed by atoms with Gasteiger partial charge in [-0.3, -0.25) is 4.79 Å². The number of aliphatic carboxylic acids is 1. The summed E-state index contributed by atoms with van der Waals surface area (Å²) in [7, 11) is 0. The molecule has 2 aliphatic rings. The number of nitrogens with one attached hydrogen (secondary N) is 1. The Balaban J connectivity index is 1.87. The Bertz CT molecular complexity index is 370. The van der Waals surface area contributed by atoms with Gasteiger partial charge in [0.15, 0.2) is 0 Å². The second-order valence-corrected chi connectivity index (χ2v) is 6.71. The predicted octanol–water partition coefficient (Wildman–Crippen LogP) is 3.00. The van der Waals surface area contributed by atoms with Gasteiger partial charge in [0.05, 0.1) is 12.0 Å². The minimum Gasteiger partial charge on any atom is -0.481 e. The van der Waals surface area contributed by atoms with Gasteiger partial charge in [-0.15, -0.1) is 0 Å². The van der Waals surface area contributed by atoms with Crippen LogP contribution < -0.4 is 5.32 Å². The zero-order valence-electron chi connectivity index (χ0n) is 13.1. The number of hydrogen-bond acceptors (Lipinski definition) is 2.